The first-order valence-electron chi connectivity index (χ1n) is 11.7. The van der Waals surface area contributed by atoms with Gasteiger partial charge in [0.15, 0.2) is 0 Å². The molecule has 2 N–H and O–H groups in total. The van der Waals surface area contributed by atoms with E-state index in [4.69, 9.17) is 0 Å². The van der Waals surface area contributed by atoms with Crippen molar-refractivity contribution in [3.8, 4) is 0 Å². The fraction of sp³-hybridized carbons (Fsp3) is 0.913. The molecule has 0 aromatic rings. The summed E-state index contributed by atoms with van der Waals surface area (Å²) in [4.78, 5) is 23.5. The summed E-state index contributed by atoms with van der Waals surface area (Å²) in [5, 5.41) is 5.94. The third kappa shape index (κ3) is 21.1. The first-order valence-corrected chi connectivity index (χ1v) is 11.7. The van der Waals surface area contributed by atoms with E-state index in [-0.39, 0.29) is 11.8 Å². The van der Waals surface area contributed by atoms with Gasteiger partial charge in [0, 0.05) is 25.9 Å². The quantitative estimate of drug-likeness (QED) is 0.258. The van der Waals surface area contributed by atoms with E-state index in [0.29, 0.717) is 19.3 Å². The number of amides is 2. The molecule has 0 aromatic carbocycles. The Morgan fingerprint density at radius 2 is 0.815 bits per heavy atom. The molecule has 0 aromatic heterocycles. The van der Waals surface area contributed by atoms with E-state index in [9.17, 15) is 9.59 Å². The standard InChI is InChI=1S/C23H46N2O2/c1-3-5-7-9-11-13-15-20-24-22(26)18-17-19-23(27)25-21-16-14-12-10-8-6-4-2/h3-21H2,1-2H3,(H,24,26)(H,25,27). The Labute approximate surface area is 168 Å². The molecule has 2 amide bonds. The van der Waals surface area contributed by atoms with Crippen molar-refractivity contribution in [1.82, 2.24) is 10.6 Å². The average molecular weight is 383 g/mol. The van der Waals surface area contributed by atoms with Gasteiger partial charge in [-0.2, -0.15) is 0 Å². The molecule has 4 nitrogen and oxygen atoms in total. The average Bonchev–Trinajstić information content (AvgIpc) is 2.66. The molecule has 27 heavy (non-hydrogen) atoms. The van der Waals surface area contributed by atoms with Gasteiger partial charge in [0.2, 0.25) is 11.8 Å². The van der Waals surface area contributed by atoms with Crippen molar-refractivity contribution in [2.75, 3.05) is 13.1 Å². The van der Waals surface area contributed by atoms with Gasteiger partial charge in [0.25, 0.3) is 0 Å². The van der Waals surface area contributed by atoms with Crippen LogP contribution in [0.5, 0.6) is 0 Å². The SMILES string of the molecule is CCCCCCCCCNC(=O)CCCC(=O)NCCCCCCCCC. The Balaban J connectivity index is 3.31. The van der Waals surface area contributed by atoms with Crippen LogP contribution in [-0.2, 0) is 9.59 Å². The summed E-state index contributed by atoms with van der Waals surface area (Å²) in [7, 11) is 0. The lowest BCUT2D eigenvalue weighted by Gasteiger charge is -2.07. The van der Waals surface area contributed by atoms with Gasteiger partial charge >= 0.3 is 0 Å². The molecule has 0 fully saturated rings. The zero-order valence-electron chi connectivity index (χ0n) is 18.3. The molecule has 0 radical (unpaired) electrons. The van der Waals surface area contributed by atoms with Crippen LogP contribution < -0.4 is 10.6 Å². The van der Waals surface area contributed by atoms with Crippen LogP contribution in [0, 0.1) is 0 Å². The molecule has 0 rings (SSSR count). The molecular formula is C23H46N2O2. The van der Waals surface area contributed by atoms with E-state index in [0.717, 1.165) is 25.9 Å². The van der Waals surface area contributed by atoms with Crippen LogP contribution in [0.2, 0.25) is 0 Å². The van der Waals surface area contributed by atoms with E-state index in [1.165, 1.54) is 77.0 Å². The van der Waals surface area contributed by atoms with Crippen molar-refractivity contribution >= 4 is 11.8 Å². The zero-order chi connectivity index (χ0) is 20.0. The minimum Gasteiger partial charge on any atom is -0.356 e. The molecule has 0 saturated heterocycles. The first-order chi connectivity index (χ1) is 13.2. The third-order valence-corrected chi connectivity index (χ3v) is 5.01. The second kappa shape index (κ2) is 21.2. The molecule has 0 aliphatic carbocycles. The van der Waals surface area contributed by atoms with Crippen molar-refractivity contribution in [2.24, 2.45) is 0 Å². The predicted octanol–water partition coefficient (Wildman–Crippen LogP) is 5.89. The highest BCUT2D eigenvalue weighted by molar-refractivity contribution is 5.78. The van der Waals surface area contributed by atoms with Gasteiger partial charge in [-0.05, 0) is 19.3 Å². The molecule has 0 aliphatic rings. The largest absolute Gasteiger partial charge is 0.356 e. The summed E-state index contributed by atoms with van der Waals surface area (Å²) in [6.07, 6.45) is 19.2. The van der Waals surface area contributed by atoms with Crippen molar-refractivity contribution in [3.63, 3.8) is 0 Å². The van der Waals surface area contributed by atoms with Crippen LogP contribution in [0.4, 0.5) is 0 Å². The van der Waals surface area contributed by atoms with Gasteiger partial charge in [-0.1, -0.05) is 90.9 Å². The molecule has 0 aliphatic heterocycles. The molecule has 0 heterocycles. The topological polar surface area (TPSA) is 58.2 Å². The number of unbranched alkanes of at least 4 members (excludes halogenated alkanes) is 12. The van der Waals surface area contributed by atoms with E-state index in [1.807, 2.05) is 0 Å². The number of carbonyl (C=O) groups excluding carboxylic acids is 2. The minimum atomic E-state index is 0.0841. The number of rotatable bonds is 20. The molecular weight excluding hydrogens is 336 g/mol. The summed E-state index contributed by atoms with van der Waals surface area (Å²) in [6.45, 7) is 6.01. The zero-order valence-corrected chi connectivity index (χ0v) is 18.3. The maximum atomic E-state index is 11.8. The van der Waals surface area contributed by atoms with Crippen LogP contribution in [0.1, 0.15) is 123 Å². The second-order valence-electron chi connectivity index (χ2n) is 7.80. The molecule has 4 heteroatoms. The molecule has 0 unspecified atom stereocenters. The molecule has 0 atom stereocenters. The fourth-order valence-corrected chi connectivity index (χ4v) is 3.21. The summed E-state index contributed by atoms with van der Waals surface area (Å²) in [5.74, 6) is 0.168. The molecule has 160 valence electrons. The van der Waals surface area contributed by atoms with E-state index in [2.05, 4.69) is 24.5 Å². The Kier molecular flexibility index (Phi) is 20.4. The Hall–Kier alpha value is -1.06. The minimum absolute atomic E-state index is 0.0841. The van der Waals surface area contributed by atoms with Crippen LogP contribution >= 0.6 is 0 Å². The summed E-state index contributed by atoms with van der Waals surface area (Å²) < 4.78 is 0. The van der Waals surface area contributed by atoms with Gasteiger partial charge in [-0.3, -0.25) is 9.59 Å². The maximum absolute atomic E-state index is 11.8. The summed E-state index contributed by atoms with van der Waals surface area (Å²) >= 11 is 0. The Morgan fingerprint density at radius 3 is 1.19 bits per heavy atom. The van der Waals surface area contributed by atoms with Crippen molar-refractivity contribution in [3.05, 3.63) is 0 Å². The monoisotopic (exact) mass is 382 g/mol. The first kappa shape index (κ1) is 25.9. The van der Waals surface area contributed by atoms with Gasteiger partial charge in [-0.25, -0.2) is 0 Å². The lowest BCUT2D eigenvalue weighted by atomic mass is 10.1. The smallest absolute Gasteiger partial charge is 0.220 e. The van der Waals surface area contributed by atoms with Gasteiger partial charge in [0.05, 0.1) is 0 Å². The lowest BCUT2D eigenvalue weighted by molar-refractivity contribution is -0.122. The fourth-order valence-electron chi connectivity index (χ4n) is 3.21. The highest BCUT2D eigenvalue weighted by Gasteiger charge is 2.04. The van der Waals surface area contributed by atoms with Gasteiger partial charge in [-0.15, -0.1) is 0 Å². The van der Waals surface area contributed by atoms with Crippen molar-refractivity contribution < 1.29 is 9.59 Å². The highest BCUT2D eigenvalue weighted by atomic mass is 16.2. The summed E-state index contributed by atoms with van der Waals surface area (Å²) in [6, 6.07) is 0. The molecule has 0 spiro atoms. The van der Waals surface area contributed by atoms with Crippen molar-refractivity contribution in [1.29, 1.82) is 0 Å². The van der Waals surface area contributed by atoms with E-state index < -0.39 is 0 Å². The maximum Gasteiger partial charge on any atom is 0.220 e. The number of carbonyl (C=O) groups is 2. The summed E-state index contributed by atoms with van der Waals surface area (Å²) in [5.41, 5.74) is 0. The van der Waals surface area contributed by atoms with Crippen LogP contribution in [0.15, 0.2) is 0 Å². The Bertz CT molecular complexity index is 313. The third-order valence-electron chi connectivity index (χ3n) is 5.01. The molecule has 0 saturated carbocycles. The van der Waals surface area contributed by atoms with Gasteiger partial charge < -0.3 is 10.6 Å². The van der Waals surface area contributed by atoms with E-state index in [1.54, 1.807) is 0 Å². The number of nitrogens with one attached hydrogen (secondary N) is 2. The highest BCUT2D eigenvalue weighted by Crippen LogP contribution is 2.07. The number of hydrogen-bond acceptors (Lipinski definition) is 2. The molecule has 0 bridgehead atoms. The predicted molar refractivity (Wildman–Crippen MR) is 116 cm³/mol. The normalized spacial score (nSPS) is 10.7. The number of hydrogen-bond donors (Lipinski definition) is 2. The van der Waals surface area contributed by atoms with Crippen LogP contribution in [0.3, 0.4) is 0 Å². The second-order valence-corrected chi connectivity index (χ2v) is 7.80. The van der Waals surface area contributed by atoms with Crippen LogP contribution in [-0.4, -0.2) is 24.9 Å². The van der Waals surface area contributed by atoms with E-state index >= 15 is 0 Å². The Morgan fingerprint density at radius 1 is 0.481 bits per heavy atom. The van der Waals surface area contributed by atoms with Crippen LogP contribution in [0.25, 0.3) is 0 Å². The van der Waals surface area contributed by atoms with Gasteiger partial charge in [0.1, 0.15) is 0 Å². The van der Waals surface area contributed by atoms with Crippen molar-refractivity contribution in [2.45, 2.75) is 123 Å². The lowest BCUT2D eigenvalue weighted by Crippen LogP contribution is -2.26.